The van der Waals surface area contributed by atoms with Crippen LogP contribution in [-0.4, -0.2) is 59.4 Å². The monoisotopic (exact) mass is 521 g/mol. The van der Waals surface area contributed by atoms with Crippen LogP contribution in [0.15, 0.2) is 54.6 Å². The Morgan fingerprint density at radius 3 is 2.13 bits per heavy atom. The molecule has 0 aromatic heterocycles. The number of piperidine rings is 2. The summed E-state index contributed by atoms with van der Waals surface area (Å²) < 4.78 is 0. The Labute approximate surface area is 231 Å². The molecule has 3 aromatic carbocycles. The van der Waals surface area contributed by atoms with E-state index in [4.69, 9.17) is 6.42 Å². The van der Waals surface area contributed by atoms with Crippen LogP contribution in [0.5, 0.6) is 0 Å². The summed E-state index contributed by atoms with van der Waals surface area (Å²) in [5.41, 5.74) is 0.372. The molecule has 5 heteroatoms. The number of carbonyl (C=O) groups is 2. The smallest absolute Gasteiger partial charge is 0.255 e. The maximum absolute atomic E-state index is 13.9. The van der Waals surface area contributed by atoms with Crippen molar-refractivity contribution < 1.29 is 9.59 Å². The quantitative estimate of drug-likeness (QED) is 0.351. The number of likely N-dealkylation sites (tertiary alicyclic amines) is 2. The Hall–Kier alpha value is -3.36. The molecule has 1 atom stereocenters. The summed E-state index contributed by atoms with van der Waals surface area (Å²) in [4.78, 5) is 31.8. The lowest BCUT2D eigenvalue weighted by atomic mass is 9.81. The Bertz CT molecular complexity index is 1350. The maximum Gasteiger partial charge on any atom is 0.255 e. The molecule has 39 heavy (non-hydrogen) atoms. The summed E-state index contributed by atoms with van der Waals surface area (Å²) in [7, 11) is 0. The van der Waals surface area contributed by atoms with Crippen molar-refractivity contribution in [3.05, 3.63) is 60.2 Å². The van der Waals surface area contributed by atoms with Gasteiger partial charge in [-0.05, 0) is 72.7 Å². The Kier molecular flexibility index (Phi) is 7.32. The minimum absolute atomic E-state index is 0.00684. The lowest BCUT2D eigenvalue weighted by Crippen LogP contribution is -2.55. The third-order valence-corrected chi connectivity index (χ3v) is 9.42. The molecule has 2 heterocycles. The van der Waals surface area contributed by atoms with Crippen LogP contribution in [0.3, 0.4) is 0 Å². The summed E-state index contributed by atoms with van der Waals surface area (Å²) in [6, 6.07) is 19.0. The number of benzene rings is 3. The molecular weight excluding hydrogens is 482 g/mol. The molecule has 3 aliphatic rings. The largest absolute Gasteiger partial charge is 0.340 e. The van der Waals surface area contributed by atoms with Crippen LogP contribution in [0.25, 0.3) is 21.5 Å². The van der Waals surface area contributed by atoms with Gasteiger partial charge in [0.1, 0.15) is 5.54 Å². The average molecular weight is 522 g/mol. The molecule has 0 bridgehead atoms. The molecule has 0 radical (unpaired) electrons. The van der Waals surface area contributed by atoms with Crippen molar-refractivity contribution in [2.45, 2.75) is 69.4 Å². The first-order chi connectivity index (χ1) is 19.1. The Morgan fingerprint density at radius 2 is 1.49 bits per heavy atom. The first kappa shape index (κ1) is 25.9. The van der Waals surface area contributed by atoms with Gasteiger partial charge < -0.3 is 10.2 Å². The van der Waals surface area contributed by atoms with Crippen LogP contribution in [0.2, 0.25) is 0 Å². The van der Waals surface area contributed by atoms with Gasteiger partial charge >= 0.3 is 0 Å². The van der Waals surface area contributed by atoms with E-state index in [9.17, 15) is 9.59 Å². The van der Waals surface area contributed by atoms with Gasteiger partial charge in [-0.15, -0.1) is 6.42 Å². The van der Waals surface area contributed by atoms with Gasteiger partial charge in [0.2, 0.25) is 5.91 Å². The fourth-order valence-electron chi connectivity index (χ4n) is 7.19. The van der Waals surface area contributed by atoms with Crippen molar-refractivity contribution >= 4 is 33.4 Å². The molecule has 6 rings (SSSR count). The highest BCUT2D eigenvalue weighted by molar-refractivity contribution is 6.18. The van der Waals surface area contributed by atoms with Gasteiger partial charge in [0.25, 0.3) is 5.91 Å². The number of rotatable bonds is 4. The molecule has 1 N–H and O–H groups in total. The number of hydrogen-bond acceptors (Lipinski definition) is 3. The standard InChI is InChI=1S/C34H39N3O2/c1-2-34(18-8-3-9-19-34)35-32(38)27-13-10-20-37(24-27)28-16-21-36(22-17-28)33(39)31-29-14-6-4-11-25(29)23-26-12-5-7-15-30(26)31/h1,4-7,11-12,14-15,23,27-28H,3,8-10,13,16-22,24H2,(H,35,38). The predicted octanol–water partition coefficient (Wildman–Crippen LogP) is 5.76. The molecular formula is C34H39N3O2. The van der Waals surface area contributed by atoms with E-state index in [1.807, 2.05) is 29.2 Å². The maximum atomic E-state index is 13.9. The van der Waals surface area contributed by atoms with Crippen molar-refractivity contribution in [1.82, 2.24) is 15.1 Å². The van der Waals surface area contributed by atoms with Crippen LogP contribution in [0.4, 0.5) is 0 Å². The highest BCUT2D eigenvalue weighted by atomic mass is 16.2. The fraction of sp³-hybridized carbons (Fsp3) is 0.471. The average Bonchev–Trinajstić information content (AvgIpc) is 3.00. The number of terminal acetylenes is 1. The van der Waals surface area contributed by atoms with E-state index in [0.29, 0.717) is 6.04 Å². The molecule has 2 aliphatic heterocycles. The van der Waals surface area contributed by atoms with Gasteiger partial charge in [0, 0.05) is 25.7 Å². The molecule has 3 aromatic rings. The topological polar surface area (TPSA) is 52.7 Å². The molecule has 1 saturated carbocycles. The van der Waals surface area contributed by atoms with Gasteiger partial charge in [0.05, 0.1) is 11.5 Å². The minimum Gasteiger partial charge on any atom is -0.340 e. The van der Waals surface area contributed by atoms with E-state index in [1.165, 1.54) is 6.42 Å². The minimum atomic E-state index is -0.449. The Morgan fingerprint density at radius 1 is 0.846 bits per heavy atom. The number of amides is 2. The van der Waals surface area contributed by atoms with E-state index in [0.717, 1.165) is 105 Å². The summed E-state index contributed by atoms with van der Waals surface area (Å²) in [5, 5.41) is 7.55. The zero-order chi connectivity index (χ0) is 26.8. The fourth-order valence-corrected chi connectivity index (χ4v) is 7.19. The summed E-state index contributed by atoms with van der Waals surface area (Å²) in [6.45, 7) is 3.30. The second-order valence-corrected chi connectivity index (χ2v) is 11.8. The highest BCUT2D eigenvalue weighted by Crippen LogP contribution is 2.32. The first-order valence-electron chi connectivity index (χ1n) is 14.8. The molecule has 1 aliphatic carbocycles. The van der Waals surface area contributed by atoms with Gasteiger partial charge in [-0.25, -0.2) is 0 Å². The van der Waals surface area contributed by atoms with E-state index in [-0.39, 0.29) is 17.7 Å². The van der Waals surface area contributed by atoms with E-state index in [2.05, 4.69) is 46.5 Å². The molecule has 5 nitrogen and oxygen atoms in total. The normalized spacial score (nSPS) is 22.4. The molecule has 2 amide bonds. The number of carbonyl (C=O) groups excluding carboxylic acids is 2. The van der Waals surface area contributed by atoms with Crippen molar-refractivity contribution in [2.24, 2.45) is 5.92 Å². The van der Waals surface area contributed by atoms with Crippen LogP contribution in [0, 0.1) is 18.3 Å². The zero-order valence-electron chi connectivity index (χ0n) is 22.8. The second kappa shape index (κ2) is 11.0. The molecule has 1 unspecified atom stereocenters. The summed E-state index contributed by atoms with van der Waals surface area (Å²) in [5.74, 6) is 3.19. The van der Waals surface area contributed by atoms with Gasteiger partial charge in [-0.2, -0.15) is 0 Å². The molecule has 2 saturated heterocycles. The van der Waals surface area contributed by atoms with Crippen molar-refractivity contribution in [2.75, 3.05) is 26.2 Å². The second-order valence-electron chi connectivity index (χ2n) is 11.8. The number of nitrogens with zero attached hydrogens (tertiary/aromatic N) is 2. The van der Waals surface area contributed by atoms with Gasteiger partial charge in [-0.1, -0.05) is 73.7 Å². The summed E-state index contributed by atoms with van der Waals surface area (Å²) in [6.07, 6.45) is 14.9. The number of fused-ring (bicyclic) bond motifs is 2. The Balaban J connectivity index is 1.12. The number of nitrogens with one attached hydrogen (secondary N) is 1. The van der Waals surface area contributed by atoms with Crippen molar-refractivity contribution in [3.8, 4) is 12.3 Å². The lowest BCUT2D eigenvalue weighted by molar-refractivity contribution is -0.128. The zero-order valence-corrected chi connectivity index (χ0v) is 22.8. The molecule has 202 valence electrons. The van der Waals surface area contributed by atoms with Crippen LogP contribution in [-0.2, 0) is 4.79 Å². The van der Waals surface area contributed by atoms with Crippen LogP contribution in [0.1, 0.15) is 68.1 Å². The molecule has 0 spiro atoms. The van der Waals surface area contributed by atoms with E-state index < -0.39 is 5.54 Å². The third kappa shape index (κ3) is 5.15. The molecule has 3 fully saturated rings. The van der Waals surface area contributed by atoms with Crippen molar-refractivity contribution in [3.63, 3.8) is 0 Å². The first-order valence-corrected chi connectivity index (χ1v) is 14.8. The predicted molar refractivity (Wildman–Crippen MR) is 157 cm³/mol. The van der Waals surface area contributed by atoms with E-state index in [1.54, 1.807) is 0 Å². The number of hydrogen-bond donors (Lipinski definition) is 1. The highest BCUT2D eigenvalue weighted by Gasteiger charge is 2.37. The van der Waals surface area contributed by atoms with Gasteiger partial charge in [0.15, 0.2) is 0 Å². The van der Waals surface area contributed by atoms with E-state index >= 15 is 0 Å². The SMILES string of the molecule is C#CC1(NC(=O)C2CCCN(C3CCN(C(=O)c4c5ccccc5cc5ccccc45)CC3)C2)CCCCC1. The van der Waals surface area contributed by atoms with Gasteiger partial charge in [-0.3, -0.25) is 14.5 Å². The van der Waals surface area contributed by atoms with Crippen LogP contribution < -0.4 is 5.32 Å². The van der Waals surface area contributed by atoms with Crippen molar-refractivity contribution in [1.29, 1.82) is 0 Å². The summed E-state index contributed by atoms with van der Waals surface area (Å²) >= 11 is 0. The third-order valence-electron chi connectivity index (χ3n) is 9.42. The lowest BCUT2D eigenvalue weighted by Gasteiger charge is -2.43. The van der Waals surface area contributed by atoms with Crippen LogP contribution >= 0.6 is 0 Å².